The maximum absolute atomic E-state index is 12.5. The van der Waals surface area contributed by atoms with Crippen molar-refractivity contribution in [3.05, 3.63) is 35.9 Å². The van der Waals surface area contributed by atoms with E-state index in [4.69, 9.17) is 10.6 Å². The van der Waals surface area contributed by atoms with Crippen LogP contribution in [0.3, 0.4) is 0 Å². The van der Waals surface area contributed by atoms with Crippen molar-refractivity contribution < 1.29 is 9.53 Å². The highest BCUT2D eigenvalue weighted by Crippen LogP contribution is 2.20. The van der Waals surface area contributed by atoms with Crippen LogP contribution in [0.25, 0.3) is 10.9 Å². The number of hydrogen-bond donors (Lipinski definition) is 3. The van der Waals surface area contributed by atoms with Gasteiger partial charge in [-0.1, -0.05) is 25.1 Å². The Morgan fingerprint density at radius 3 is 2.86 bits per heavy atom. The maximum atomic E-state index is 12.5. The van der Waals surface area contributed by atoms with Crippen molar-refractivity contribution in [2.45, 2.75) is 19.4 Å². The summed E-state index contributed by atoms with van der Waals surface area (Å²) in [7, 11) is 1.62. The monoisotopic (exact) mass is 288 g/mol. The Morgan fingerprint density at radius 2 is 2.19 bits per heavy atom. The van der Waals surface area contributed by atoms with Crippen LogP contribution >= 0.6 is 0 Å². The zero-order chi connectivity index (χ0) is 15.2. The second-order valence-corrected chi connectivity index (χ2v) is 4.75. The number of carbonyl (C=O) groups is 1. The van der Waals surface area contributed by atoms with Gasteiger partial charge in [0.1, 0.15) is 5.82 Å². The van der Waals surface area contributed by atoms with E-state index in [0.717, 1.165) is 17.3 Å². The van der Waals surface area contributed by atoms with Gasteiger partial charge in [0.05, 0.1) is 23.7 Å². The van der Waals surface area contributed by atoms with E-state index < -0.39 is 0 Å². The number of pyridine rings is 1. The Bertz CT molecular complexity index is 630. The van der Waals surface area contributed by atoms with Crippen LogP contribution in [0.5, 0.6) is 0 Å². The van der Waals surface area contributed by atoms with Crippen LogP contribution in [-0.2, 0) is 4.74 Å². The number of para-hydroxylation sites is 1. The zero-order valence-electron chi connectivity index (χ0n) is 12.2. The average molecular weight is 288 g/mol. The van der Waals surface area contributed by atoms with Crippen molar-refractivity contribution in [3.8, 4) is 0 Å². The standard InChI is InChI=1S/C15H20N4O2/c1-3-10(9-21-2)17-15(20)12-8-14(19-16)18-13-7-5-4-6-11(12)13/h4-8,10H,3,9,16H2,1-2H3,(H,17,20)(H,18,19). The molecule has 0 spiro atoms. The molecule has 0 radical (unpaired) electrons. The van der Waals surface area contributed by atoms with E-state index >= 15 is 0 Å². The second kappa shape index (κ2) is 7.01. The normalized spacial score (nSPS) is 12.1. The van der Waals surface area contributed by atoms with Crippen molar-refractivity contribution in [2.75, 3.05) is 19.1 Å². The number of nitrogens with two attached hydrogens (primary N) is 1. The first-order valence-electron chi connectivity index (χ1n) is 6.85. The van der Waals surface area contributed by atoms with Gasteiger partial charge in [-0.05, 0) is 18.6 Å². The molecule has 2 aromatic rings. The Balaban J connectivity index is 2.37. The van der Waals surface area contributed by atoms with Crippen molar-refractivity contribution in [2.24, 2.45) is 5.84 Å². The number of anilines is 1. The number of aromatic nitrogens is 1. The lowest BCUT2D eigenvalue weighted by Crippen LogP contribution is -2.37. The van der Waals surface area contributed by atoms with Gasteiger partial charge in [-0.3, -0.25) is 4.79 Å². The highest BCUT2D eigenvalue weighted by Gasteiger charge is 2.16. The largest absolute Gasteiger partial charge is 0.383 e. The van der Waals surface area contributed by atoms with Gasteiger partial charge in [-0.15, -0.1) is 0 Å². The topological polar surface area (TPSA) is 89.3 Å². The molecule has 21 heavy (non-hydrogen) atoms. The van der Waals surface area contributed by atoms with Crippen LogP contribution in [0.2, 0.25) is 0 Å². The minimum atomic E-state index is -0.158. The van der Waals surface area contributed by atoms with Crippen molar-refractivity contribution in [3.63, 3.8) is 0 Å². The molecule has 1 aromatic carbocycles. The number of nitrogens with zero attached hydrogens (tertiary/aromatic N) is 1. The van der Waals surface area contributed by atoms with Crippen LogP contribution in [0.15, 0.2) is 30.3 Å². The SMILES string of the molecule is CCC(COC)NC(=O)c1cc(NN)nc2ccccc12. The van der Waals surface area contributed by atoms with Crippen LogP contribution in [0, 0.1) is 0 Å². The van der Waals surface area contributed by atoms with Gasteiger partial charge in [0.15, 0.2) is 0 Å². The summed E-state index contributed by atoms with van der Waals surface area (Å²) < 4.78 is 5.10. The zero-order valence-corrected chi connectivity index (χ0v) is 12.2. The predicted molar refractivity (Wildman–Crippen MR) is 83.0 cm³/mol. The third kappa shape index (κ3) is 3.48. The number of benzene rings is 1. The van der Waals surface area contributed by atoms with Gasteiger partial charge in [0.25, 0.3) is 5.91 Å². The highest BCUT2D eigenvalue weighted by atomic mass is 16.5. The second-order valence-electron chi connectivity index (χ2n) is 4.75. The Kier molecular flexibility index (Phi) is 5.08. The summed E-state index contributed by atoms with van der Waals surface area (Å²) in [5, 5.41) is 3.76. The van der Waals surface area contributed by atoms with E-state index in [0.29, 0.717) is 18.0 Å². The third-order valence-corrected chi connectivity index (χ3v) is 3.30. The number of nitrogen functional groups attached to an aromatic ring is 1. The molecule has 0 saturated heterocycles. The Labute approximate surface area is 123 Å². The molecule has 4 N–H and O–H groups in total. The molecule has 0 aliphatic rings. The lowest BCUT2D eigenvalue weighted by atomic mass is 10.1. The molecule has 112 valence electrons. The summed E-state index contributed by atoms with van der Waals surface area (Å²) in [5.74, 6) is 5.72. The summed E-state index contributed by atoms with van der Waals surface area (Å²) in [6.45, 7) is 2.48. The quantitative estimate of drug-likeness (QED) is 0.556. The fourth-order valence-corrected chi connectivity index (χ4v) is 2.16. The molecule has 0 aliphatic carbocycles. The Hall–Kier alpha value is -2.18. The van der Waals surface area contributed by atoms with Crippen molar-refractivity contribution in [1.29, 1.82) is 0 Å². The number of nitrogens with one attached hydrogen (secondary N) is 2. The molecule has 6 heteroatoms. The molecular formula is C15H20N4O2. The Morgan fingerprint density at radius 1 is 1.43 bits per heavy atom. The fourth-order valence-electron chi connectivity index (χ4n) is 2.16. The molecule has 1 aromatic heterocycles. The summed E-state index contributed by atoms with van der Waals surface area (Å²) in [5.41, 5.74) is 3.76. The van der Waals surface area contributed by atoms with E-state index in [9.17, 15) is 4.79 Å². The van der Waals surface area contributed by atoms with E-state index in [1.54, 1.807) is 13.2 Å². The number of rotatable bonds is 6. The maximum Gasteiger partial charge on any atom is 0.252 e. The molecule has 1 heterocycles. The van der Waals surface area contributed by atoms with E-state index in [1.807, 2.05) is 31.2 Å². The van der Waals surface area contributed by atoms with Crippen LogP contribution in [0.1, 0.15) is 23.7 Å². The third-order valence-electron chi connectivity index (χ3n) is 3.30. The molecular weight excluding hydrogens is 268 g/mol. The van der Waals surface area contributed by atoms with Gasteiger partial charge < -0.3 is 15.5 Å². The minimum absolute atomic E-state index is 0.0243. The molecule has 0 bridgehead atoms. The lowest BCUT2D eigenvalue weighted by Gasteiger charge is -2.17. The lowest BCUT2D eigenvalue weighted by molar-refractivity contribution is 0.0896. The van der Waals surface area contributed by atoms with Gasteiger partial charge in [0, 0.05) is 12.5 Å². The van der Waals surface area contributed by atoms with Crippen molar-refractivity contribution >= 4 is 22.6 Å². The molecule has 0 saturated carbocycles. The summed E-state index contributed by atoms with van der Waals surface area (Å²) >= 11 is 0. The van der Waals surface area contributed by atoms with E-state index in [2.05, 4.69) is 15.7 Å². The van der Waals surface area contributed by atoms with Gasteiger partial charge in [-0.2, -0.15) is 0 Å². The van der Waals surface area contributed by atoms with Crippen LogP contribution in [0.4, 0.5) is 5.82 Å². The molecule has 1 amide bonds. The van der Waals surface area contributed by atoms with Crippen LogP contribution < -0.4 is 16.6 Å². The first kappa shape index (κ1) is 15.2. The number of carbonyl (C=O) groups excluding carboxylic acids is 1. The number of ether oxygens (including phenoxy) is 1. The number of fused-ring (bicyclic) bond motifs is 1. The molecule has 1 unspecified atom stereocenters. The first-order chi connectivity index (χ1) is 10.2. The molecule has 2 rings (SSSR count). The number of hydrazine groups is 1. The van der Waals surface area contributed by atoms with Gasteiger partial charge >= 0.3 is 0 Å². The van der Waals surface area contributed by atoms with Crippen LogP contribution in [-0.4, -0.2) is 30.6 Å². The molecule has 0 fully saturated rings. The number of amides is 1. The minimum Gasteiger partial charge on any atom is -0.383 e. The van der Waals surface area contributed by atoms with E-state index in [-0.39, 0.29) is 11.9 Å². The molecule has 0 aliphatic heterocycles. The predicted octanol–water partition coefficient (Wildman–Crippen LogP) is 1.68. The first-order valence-corrected chi connectivity index (χ1v) is 6.85. The summed E-state index contributed by atoms with van der Waals surface area (Å²) in [6, 6.07) is 9.09. The number of methoxy groups -OCH3 is 1. The van der Waals surface area contributed by atoms with Gasteiger partial charge in [-0.25, -0.2) is 10.8 Å². The van der Waals surface area contributed by atoms with Gasteiger partial charge in [0.2, 0.25) is 0 Å². The summed E-state index contributed by atoms with van der Waals surface area (Å²) in [6.07, 6.45) is 0.796. The number of hydrogen-bond acceptors (Lipinski definition) is 5. The fraction of sp³-hybridized carbons (Fsp3) is 0.333. The van der Waals surface area contributed by atoms with Crippen molar-refractivity contribution in [1.82, 2.24) is 10.3 Å². The van der Waals surface area contributed by atoms with E-state index in [1.165, 1.54) is 0 Å². The average Bonchev–Trinajstić information content (AvgIpc) is 2.53. The molecule has 6 nitrogen and oxygen atoms in total. The smallest absolute Gasteiger partial charge is 0.252 e. The molecule has 1 atom stereocenters. The summed E-state index contributed by atoms with van der Waals surface area (Å²) in [4.78, 5) is 16.8. The highest BCUT2D eigenvalue weighted by molar-refractivity contribution is 6.07.